The van der Waals surface area contributed by atoms with Gasteiger partial charge in [-0.1, -0.05) is 76.9 Å². The maximum absolute atomic E-state index is 13.9. The van der Waals surface area contributed by atoms with Gasteiger partial charge in [-0.05, 0) is 55.0 Å². The number of allylic oxidation sites excluding steroid dienone is 2. The van der Waals surface area contributed by atoms with Gasteiger partial charge in [0.1, 0.15) is 5.78 Å². The van der Waals surface area contributed by atoms with Crippen LogP contribution in [-0.4, -0.2) is 32.8 Å². The van der Waals surface area contributed by atoms with Crippen LogP contribution < -0.4 is 0 Å². The molecule has 7 heteroatoms. The third kappa shape index (κ3) is 7.48. The summed E-state index contributed by atoms with van der Waals surface area (Å²) in [5.41, 5.74) is 7.06. The molecule has 7 nitrogen and oxygen atoms in total. The number of rotatable bonds is 10. The minimum absolute atomic E-state index is 0.00468. The second-order valence-electron chi connectivity index (χ2n) is 12.0. The highest BCUT2D eigenvalue weighted by atomic mass is 16.4. The summed E-state index contributed by atoms with van der Waals surface area (Å²) in [4.78, 5) is 38.2. The third-order valence-corrected chi connectivity index (χ3v) is 7.69. The second kappa shape index (κ2) is 13.1. The summed E-state index contributed by atoms with van der Waals surface area (Å²) in [7, 11) is 0. The minimum atomic E-state index is -1.06. The van der Waals surface area contributed by atoms with Crippen molar-refractivity contribution in [2.45, 2.75) is 72.6 Å². The van der Waals surface area contributed by atoms with Crippen molar-refractivity contribution in [1.29, 1.82) is 0 Å². The molecule has 3 aromatic rings. The number of benzene rings is 2. The van der Waals surface area contributed by atoms with E-state index in [1.807, 2.05) is 32.9 Å². The zero-order chi connectivity index (χ0) is 30.4. The van der Waals surface area contributed by atoms with E-state index in [9.17, 15) is 19.5 Å². The average Bonchev–Trinajstić information content (AvgIpc) is 3.44. The lowest BCUT2D eigenvalue weighted by atomic mass is 9.79. The zero-order valence-electron chi connectivity index (χ0n) is 24.8. The molecular weight excluding hydrogens is 528 g/mol. The van der Waals surface area contributed by atoms with Crippen LogP contribution in [0.3, 0.4) is 0 Å². The maximum Gasteiger partial charge on any atom is 0.335 e. The monoisotopic (exact) mass is 566 g/mol. The molecule has 1 N–H and O–H groups in total. The molecule has 42 heavy (non-hydrogen) atoms. The lowest BCUT2D eigenvalue weighted by molar-refractivity contribution is -0.126. The predicted octanol–water partition coefficient (Wildman–Crippen LogP) is 7.61. The number of ketones is 2. The van der Waals surface area contributed by atoms with Crippen LogP contribution in [0.2, 0.25) is 0 Å². The van der Waals surface area contributed by atoms with Gasteiger partial charge in [0.25, 0.3) is 0 Å². The van der Waals surface area contributed by atoms with E-state index in [1.54, 1.807) is 12.1 Å². The number of Topliss-reactive ketones (excluding diaryl/α,β-unsaturated/α-hetero) is 2. The van der Waals surface area contributed by atoms with Gasteiger partial charge in [-0.25, -0.2) is 4.79 Å². The van der Waals surface area contributed by atoms with Crippen molar-refractivity contribution in [3.8, 4) is 11.5 Å². The Morgan fingerprint density at radius 3 is 2.40 bits per heavy atom. The van der Waals surface area contributed by atoms with Gasteiger partial charge in [-0.2, -0.15) is 0 Å². The molecule has 0 spiro atoms. The van der Waals surface area contributed by atoms with Crippen LogP contribution >= 0.6 is 0 Å². The number of nitrogens with zero attached hydrogens (tertiary/aromatic N) is 2. The van der Waals surface area contributed by atoms with Gasteiger partial charge in [0.2, 0.25) is 11.8 Å². The summed E-state index contributed by atoms with van der Waals surface area (Å²) in [6, 6.07) is 14.3. The van der Waals surface area contributed by atoms with E-state index < -0.39 is 11.4 Å². The second-order valence-corrected chi connectivity index (χ2v) is 12.0. The number of carbonyl (C=O) groups excluding carboxylic acids is 2. The smallest absolute Gasteiger partial charge is 0.335 e. The summed E-state index contributed by atoms with van der Waals surface area (Å²) in [6.07, 6.45) is 5.36. The summed E-state index contributed by atoms with van der Waals surface area (Å²) in [5.74, 6) is -0.922. The van der Waals surface area contributed by atoms with Crippen molar-refractivity contribution in [1.82, 2.24) is 10.2 Å². The molecule has 0 unspecified atom stereocenters. The predicted molar refractivity (Wildman–Crippen MR) is 162 cm³/mol. The Kier molecular flexibility index (Phi) is 9.54. The van der Waals surface area contributed by atoms with Gasteiger partial charge in [0, 0.05) is 28.5 Å². The van der Waals surface area contributed by atoms with Gasteiger partial charge >= 0.3 is 5.97 Å². The van der Waals surface area contributed by atoms with Crippen molar-refractivity contribution in [3.63, 3.8) is 0 Å². The molecule has 4 rings (SSSR count). The van der Waals surface area contributed by atoms with Crippen LogP contribution in [0.15, 0.2) is 76.4 Å². The fraction of sp³-hybridized carbons (Fsp3) is 0.371. The highest BCUT2D eigenvalue weighted by molar-refractivity contribution is 6.11. The first-order valence-electron chi connectivity index (χ1n) is 14.4. The fourth-order valence-electron chi connectivity index (χ4n) is 5.13. The van der Waals surface area contributed by atoms with Crippen LogP contribution in [0.5, 0.6) is 0 Å². The molecule has 0 saturated heterocycles. The van der Waals surface area contributed by atoms with Crippen LogP contribution in [0, 0.1) is 18.3 Å². The van der Waals surface area contributed by atoms with Gasteiger partial charge in [0.05, 0.1) is 17.6 Å². The number of aromatic carboxylic acids is 1. The Hall–Kier alpha value is -4.35. The van der Waals surface area contributed by atoms with Crippen molar-refractivity contribution < 1.29 is 23.9 Å². The Morgan fingerprint density at radius 1 is 1.02 bits per heavy atom. The summed E-state index contributed by atoms with van der Waals surface area (Å²) in [5, 5.41) is 17.7. The quantitative estimate of drug-likeness (QED) is 0.199. The molecule has 0 atom stereocenters. The van der Waals surface area contributed by atoms with E-state index in [-0.39, 0.29) is 53.2 Å². The van der Waals surface area contributed by atoms with Gasteiger partial charge < -0.3 is 9.52 Å². The summed E-state index contributed by atoms with van der Waals surface area (Å²) < 4.78 is 5.92. The molecule has 1 saturated carbocycles. The largest absolute Gasteiger partial charge is 0.478 e. The molecule has 0 radical (unpaired) electrons. The number of carboxylic acids is 1. The van der Waals surface area contributed by atoms with Crippen molar-refractivity contribution in [3.05, 3.63) is 94.6 Å². The zero-order valence-corrected chi connectivity index (χ0v) is 24.8. The number of carbonyl (C=O) groups is 3. The van der Waals surface area contributed by atoms with Crippen LogP contribution in [0.25, 0.3) is 17.0 Å². The lowest BCUT2D eigenvalue weighted by Gasteiger charge is -2.24. The van der Waals surface area contributed by atoms with Crippen LogP contribution in [0.4, 0.5) is 0 Å². The molecule has 1 fully saturated rings. The molecular formula is C35H38N2O5. The maximum atomic E-state index is 13.9. The van der Waals surface area contributed by atoms with E-state index in [4.69, 9.17) is 4.42 Å². The SMILES string of the molecule is C=C(CC(=O)C(C)(C)C)C(=O)C(=C=C(c1ccccc1C)C1CCCCC1)Cc1nnc(-c2cccc(C(=O)O)c2)o1. The molecule has 0 aliphatic heterocycles. The number of hydrogen-bond donors (Lipinski definition) is 1. The van der Waals surface area contributed by atoms with Crippen LogP contribution in [-0.2, 0) is 16.0 Å². The Balaban J connectivity index is 1.81. The Labute approximate surface area is 247 Å². The first kappa shape index (κ1) is 30.6. The topological polar surface area (TPSA) is 110 Å². The number of aryl methyl sites for hydroxylation is 1. The molecule has 1 aliphatic carbocycles. The van der Waals surface area contributed by atoms with E-state index in [0.29, 0.717) is 11.1 Å². The van der Waals surface area contributed by atoms with Gasteiger partial charge in [0.15, 0.2) is 5.78 Å². The van der Waals surface area contributed by atoms with Gasteiger partial charge in [-0.15, -0.1) is 15.9 Å². The molecule has 1 aromatic heterocycles. The Morgan fingerprint density at radius 2 is 1.74 bits per heavy atom. The van der Waals surface area contributed by atoms with E-state index in [1.165, 1.54) is 18.6 Å². The van der Waals surface area contributed by atoms with Gasteiger partial charge in [-0.3, -0.25) is 9.59 Å². The standard InChI is InChI=1S/C35H38N2O5/c1-22-12-9-10-17-28(22)29(24-13-7-6-8-14-24)20-27(32(39)23(2)18-30(38)35(3,4)5)21-31-36-37-33(42-31)25-15-11-16-26(19-25)34(40)41/h9-12,15-17,19,24H,2,6-8,13-14,18,21H2,1,3-5H3,(H,40,41). The van der Waals surface area contributed by atoms with E-state index in [2.05, 4.69) is 41.6 Å². The highest BCUT2D eigenvalue weighted by Crippen LogP contribution is 2.36. The number of aromatic nitrogens is 2. The molecule has 0 bridgehead atoms. The van der Waals surface area contributed by atoms with Crippen molar-refractivity contribution in [2.75, 3.05) is 0 Å². The normalized spacial score (nSPS) is 13.7. The van der Waals surface area contributed by atoms with E-state index in [0.717, 1.165) is 42.4 Å². The molecule has 1 heterocycles. The third-order valence-electron chi connectivity index (χ3n) is 7.69. The van der Waals surface area contributed by atoms with E-state index >= 15 is 0 Å². The summed E-state index contributed by atoms with van der Waals surface area (Å²) in [6.45, 7) is 11.5. The number of hydrogen-bond acceptors (Lipinski definition) is 6. The highest BCUT2D eigenvalue weighted by Gasteiger charge is 2.27. The van der Waals surface area contributed by atoms with Crippen LogP contribution in [0.1, 0.15) is 86.7 Å². The summed E-state index contributed by atoms with van der Waals surface area (Å²) >= 11 is 0. The first-order chi connectivity index (χ1) is 19.9. The molecule has 1 aliphatic rings. The molecule has 218 valence electrons. The average molecular weight is 567 g/mol. The first-order valence-corrected chi connectivity index (χ1v) is 14.4. The van der Waals surface area contributed by atoms with Crippen molar-refractivity contribution >= 4 is 23.1 Å². The minimum Gasteiger partial charge on any atom is -0.478 e. The molecule has 2 aromatic carbocycles. The van der Waals surface area contributed by atoms with Crippen molar-refractivity contribution in [2.24, 2.45) is 11.3 Å². The fourth-order valence-corrected chi connectivity index (χ4v) is 5.13. The lowest BCUT2D eigenvalue weighted by Crippen LogP contribution is -2.22. The Bertz CT molecular complexity index is 1570. The molecule has 0 amide bonds. The number of carboxylic acid groups (broad SMARTS) is 1.